The summed E-state index contributed by atoms with van der Waals surface area (Å²) in [6.07, 6.45) is 2.16. The molecule has 4 nitrogen and oxygen atoms in total. The number of amides is 1. The van der Waals surface area contributed by atoms with Gasteiger partial charge in [0.1, 0.15) is 0 Å². The Balaban J connectivity index is 1.74. The first kappa shape index (κ1) is 16.1. The van der Waals surface area contributed by atoms with E-state index < -0.39 is 0 Å². The van der Waals surface area contributed by atoms with Crippen molar-refractivity contribution in [3.05, 3.63) is 45.2 Å². The molecule has 21 heavy (non-hydrogen) atoms. The van der Waals surface area contributed by atoms with Crippen LogP contribution >= 0.6 is 23.2 Å². The van der Waals surface area contributed by atoms with Gasteiger partial charge < -0.3 is 5.32 Å². The van der Waals surface area contributed by atoms with E-state index in [-0.39, 0.29) is 18.6 Å². The van der Waals surface area contributed by atoms with Crippen molar-refractivity contribution >= 4 is 29.1 Å². The summed E-state index contributed by atoms with van der Waals surface area (Å²) in [7, 11) is 0. The van der Waals surface area contributed by atoms with Crippen LogP contribution in [0.4, 0.5) is 0 Å². The Labute approximate surface area is 134 Å². The molecule has 0 bridgehead atoms. The molecule has 0 spiro atoms. The van der Waals surface area contributed by atoms with Crippen LogP contribution in [-0.2, 0) is 11.2 Å². The zero-order valence-electron chi connectivity index (χ0n) is 11.6. The van der Waals surface area contributed by atoms with Crippen LogP contribution in [0.15, 0.2) is 18.2 Å². The number of carbonyl (C=O) groups is 1. The predicted octanol–water partition coefficient (Wildman–Crippen LogP) is 2.99. The van der Waals surface area contributed by atoms with Gasteiger partial charge in [-0.1, -0.05) is 29.3 Å². The second-order valence-corrected chi connectivity index (χ2v) is 5.85. The third-order valence-corrected chi connectivity index (χ3v) is 4.14. The molecule has 1 aliphatic heterocycles. The van der Waals surface area contributed by atoms with Gasteiger partial charge in [0.05, 0.1) is 6.54 Å². The van der Waals surface area contributed by atoms with Crippen molar-refractivity contribution in [2.24, 2.45) is 0 Å². The molecular formula is C15H17Cl2N3O. The lowest BCUT2D eigenvalue weighted by atomic mass is 10.1. The summed E-state index contributed by atoms with van der Waals surface area (Å²) in [5.74, 6) is -0.00398. The number of hydrogen-bond donors (Lipinski definition) is 1. The summed E-state index contributed by atoms with van der Waals surface area (Å²) in [6.45, 7) is 8.68. The van der Waals surface area contributed by atoms with Crippen molar-refractivity contribution in [3.63, 3.8) is 0 Å². The molecule has 2 rings (SSSR count). The molecule has 0 radical (unpaired) electrons. The fourth-order valence-corrected chi connectivity index (χ4v) is 2.92. The first-order valence-corrected chi connectivity index (χ1v) is 7.68. The van der Waals surface area contributed by atoms with E-state index in [2.05, 4.69) is 10.2 Å². The number of nitrogens with zero attached hydrogens (tertiary/aromatic N) is 2. The van der Waals surface area contributed by atoms with Gasteiger partial charge in [-0.15, -0.1) is 0 Å². The molecule has 1 heterocycles. The first-order chi connectivity index (χ1) is 10.1. The van der Waals surface area contributed by atoms with Gasteiger partial charge in [0, 0.05) is 23.0 Å². The second kappa shape index (κ2) is 7.65. The first-order valence-electron chi connectivity index (χ1n) is 6.92. The zero-order valence-corrected chi connectivity index (χ0v) is 13.1. The van der Waals surface area contributed by atoms with Crippen LogP contribution in [0.2, 0.25) is 10.0 Å². The van der Waals surface area contributed by atoms with E-state index in [1.54, 1.807) is 17.0 Å². The van der Waals surface area contributed by atoms with Gasteiger partial charge in [0.2, 0.25) is 5.91 Å². The minimum Gasteiger partial charge on any atom is -0.308 e. The Morgan fingerprint density at radius 1 is 1.48 bits per heavy atom. The molecule has 1 aliphatic rings. The highest BCUT2D eigenvalue weighted by Crippen LogP contribution is 2.21. The number of carbonyl (C=O) groups excluding carboxylic acids is 1. The van der Waals surface area contributed by atoms with E-state index in [4.69, 9.17) is 29.8 Å². The van der Waals surface area contributed by atoms with E-state index >= 15 is 0 Å². The SMILES string of the molecule is [C-]#[N+][C@@H]1CCCN1C(=O)CNCCc1ccc(Cl)cc1Cl. The molecule has 1 amide bonds. The predicted molar refractivity (Wildman–Crippen MR) is 84.4 cm³/mol. The van der Waals surface area contributed by atoms with Gasteiger partial charge in [-0.3, -0.25) is 14.5 Å². The lowest BCUT2D eigenvalue weighted by molar-refractivity contribution is -0.130. The van der Waals surface area contributed by atoms with Gasteiger partial charge in [-0.05, 0) is 37.1 Å². The maximum Gasteiger partial charge on any atom is 0.300 e. The Hall–Kier alpha value is -1.28. The minimum atomic E-state index is -0.273. The Morgan fingerprint density at radius 2 is 2.29 bits per heavy atom. The Kier molecular flexibility index (Phi) is 5.86. The van der Waals surface area contributed by atoms with Crippen molar-refractivity contribution in [1.82, 2.24) is 10.2 Å². The Morgan fingerprint density at radius 3 is 3.00 bits per heavy atom. The number of likely N-dealkylation sites (tertiary alicyclic amines) is 1. The maximum atomic E-state index is 12.0. The molecule has 1 saturated heterocycles. The van der Waals surface area contributed by atoms with Crippen LogP contribution in [-0.4, -0.2) is 36.6 Å². The smallest absolute Gasteiger partial charge is 0.300 e. The van der Waals surface area contributed by atoms with Crippen LogP contribution in [0.25, 0.3) is 4.85 Å². The van der Waals surface area contributed by atoms with Gasteiger partial charge >= 0.3 is 6.17 Å². The largest absolute Gasteiger partial charge is 0.308 e. The van der Waals surface area contributed by atoms with Gasteiger partial charge in [-0.2, -0.15) is 0 Å². The van der Waals surface area contributed by atoms with E-state index in [0.29, 0.717) is 23.1 Å². The monoisotopic (exact) mass is 325 g/mol. The summed E-state index contributed by atoms with van der Waals surface area (Å²) >= 11 is 11.9. The molecule has 112 valence electrons. The van der Waals surface area contributed by atoms with Crippen molar-refractivity contribution in [2.75, 3.05) is 19.6 Å². The molecule has 0 aliphatic carbocycles. The number of benzene rings is 1. The molecule has 0 saturated carbocycles. The highest BCUT2D eigenvalue weighted by atomic mass is 35.5. The van der Waals surface area contributed by atoms with E-state index in [1.165, 1.54) is 0 Å². The standard InChI is InChI=1S/C15H17Cl2N3O/c1-18-14-3-2-8-20(14)15(21)10-19-7-6-11-4-5-12(16)9-13(11)17/h4-5,9,14,19H,2-3,6-8,10H2/t14-/m0/s1. The van der Waals surface area contributed by atoms with Crippen molar-refractivity contribution < 1.29 is 4.79 Å². The summed E-state index contributed by atoms with van der Waals surface area (Å²) < 4.78 is 0. The van der Waals surface area contributed by atoms with E-state index in [0.717, 1.165) is 24.8 Å². The number of nitrogens with one attached hydrogen (secondary N) is 1. The molecule has 1 aromatic carbocycles. The molecule has 1 fully saturated rings. The molecule has 1 atom stereocenters. The average molecular weight is 326 g/mol. The quantitative estimate of drug-likeness (QED) is 0.667. The minimum absolute atomic E-state index is 0.00398. The topological polar surface area (TPSA) is 36.7 Å². The molecule has 0 aromatic heterocycles. The van der Waals surface area contributed by atoms with Crippen molar-refractivity contribution in [1.29, 1.82) is 0 Å². The fraction of sp³-hybridized carbons (Fsp3) is 0.467. The highest BCUT2D eigenvalue weighted by Gasteiger charge is 2.32. The highest BCUT2D eigenvalue weighted by molar-refractivity contribution is 6.35. The number of rotatable bonds is 5. The molecule has 1 N–H and O–H groups in total. The third-order valence-electron chi connectivity index (χ3n) is 3.55. The summed E-state index contributed by atoms with van der Waals surface area (Å²) in [4.78, 5) is 17.2. The summed E-state index contributed by atoms with van der Waals surface area (Å²) in [5.41, 5.74) is 1.00. The van der Waals surface area contributed by atoms with Crippen molar-refractivity contribution in [2.45, 2.75) is 25.4 Å². The molecular weight excluding hydrogens is 309 g/mol. The average Bonchev–Trinajstić information content (AvgIpc) is 2.93. The summed E-state index contributed by atoms with van der Waals surface area (Å²) in [5, 5.41) is 4.37. The second-order valence-electron chi connectivity index (χ2n) is 5.00. The van der Waals surface area contributed by atoms with Gasteiger partial charge in [0.25, 0.3) is 0 Å². The van der Waals surface area contributed by atoms with Gasteiger partial charge in [-0.25, -0.2) is 6.57 Å². The Bertz CT molecular complexity index is 556. The molecule has 1 aromatic rings. The summed E-state index contributed by atoms with van der Waals surface area (Å²) in [6, 6.07) is 5.41. The lowest BCUT2D eigenvalue weighted by Gasteiger charge is -2.16. The molecule has 6 heteroatoms. The van der Waals surface area contributed by atoms with Crippen LogP contribution in [0, 0.1) is 6.57 Å². The van der Waals surface area contributed by atoms with Crippen LogP contribution in [0.5, 0.6) is 0 Å². The maximum absolute atomic E-state index is 12.0. The van der Waals surface area contributed by atoms with Crippen molar-refractivity contribution in [3.8, 4) is 0 Å². The number of halogens is 2. The van der Waals surface area contributed by atoms with Crippen LogP contribution < -0.4 is 5.32 Å². The van der Waals surface area contributed by atoms with E-state index in [1.807, 2.05) is 6.07 Å². The fourth-order valence-electron chi connectivity index (χ4n) is 2.42. The van der Waals surface area contributed by atoms with Crippen LogP contribution in [0.3, 0.4) is 0 Å². The third kappa shape index (κ3) is 4.34. The van der Waals surface area contributed by atoms with E-state index in [9.17, 15) is 4.79 Å². The molecule has 0 unspecified atom stereocenters. The number of hydrogen-bond acceptors (Lipinski definition) is 2. The zero-order chi connectivity index (χ0) is 15.2. The normalized spacial score (nSPS) is 17.8. The van der Waals surface area contributed by atoms with Crippen LogP contribution in [0.1, 0.15) is 18.4 Å². The lowest BCUT2D eigenvalue weighted by Crippen LogP contribution is -2.40. The van der Waals surface area contributed by atoms with Gasteiger partial charge in [0.15, 0.2) is 0 Å².